The van der Waals surface area contributed by atoms with Gasteiger partial charge in [0.25, 0.3) is 5.91 Å². The van der Waals surface area contributed by atoms with E-state index in [2.05, 4.69) is 5.32 Å². The van der Waals surface area contributed by atoms with Gasteiger partial charge in [-0.25, -0.2) is 0 Å². The summed E-state index contributed by atoms with van der Waals surface area (Å²) in [5.41, 5.74) is 0.584. The first-order valence-electron chi connectivity index (χ1n) is 9.48. The van der Waals surface area contributed by atoms with Gasteiger partial charge in [0, 0.05) is 5.56 Å². The molecule has 1 N–H and O–H groups in total. The van der Waals surface area contributed by atoms with Gasteiger partial charge < -0.3 is 24.7 Å². The number of aliphatic carboxylic acids is 1. The third-order valence-electron chi connectivity index (χ3n) is 3.73. The second kappa shape index (κ2) is 10.3. The first-order valence-corrected chi connectivity index (χ1v) is 9.48. The van der Waals surface area contributed by atoms with Gasteiger partial charge in [0.05, 0.1) is 24.4 Å². The fourth-order valence-electron chi connectivity index (χ4n) is 2.39. The summed E-state index contributed by atoms with van der Waals surface area (Å²) in [6, 6.07) is 13.4. The minimum Gasteiger partial charge on any atom is -0.543 e. The number of amides is 1. The molecular weight excluding hydrogens is 370 g/mol. The Bertz CT molecular complexity index is 852. The molecule has 0 bridgehead atoms. The van der Waals surface area contributed by atoms with Crippen molar-refractivity contribution >= 4 is 18.0 Å². The van der Waals surface area contributed by atoms with Crippen LogP contribution in [0.2, 0.25) is 0 Å². The Kier molecular flexibility index (Phi) is 7.83. The van der Waals surface area contributed by atoms with Gasteiger partial charge in [-0.3, -0.25) is 4.79 Å². The molecule has 0 saturated heterocycles. The highest BCUT2D eigenvalue weighted by Gasteiger charge is 2.10. The highest BCUT2D eigenvalue weighted by molar-refractivity contribution is 6.02. The third-order valence-corrected chi connectivity index (χ3v) is 3.73. The van der Waals surface area contributed by atoms with E-state index in [4.69, 9.17) is 9.47 Å². The average molecular weight is 396 g/mol. The monoisotopic (exact) mass is 396 g/mol. The minimum atomic E-state index is -1.47. The molecule has 0 fully saturated rings. The lowest BCUT2D eigenvalue weighted by Crippen LogP contribution is -2.35. The first-order chi connectivity index (χ1) is 13.7. The van der Waals surface area contributed by atoms with Crippen LogP contribution >= 0.6 is 0 Å². The number of carbonyl (C=O) groups is 2. The Morgan fingerprint density at radius 1 is 0.966 bits per heavy atom. The number of hydrogen-bond acceptors (Lipinski definition) is 5. The van der Waals surface area contributed by atoms with Gasteiger partial charge in [-0.2, -0.15) is 0 Å². The van der Waals surface area contributed by atoms with Crippen molar-refractivity contribution in [1.82, 2.24) is 5.32 Å². The van der Waals surface area contributed by atoms with Crippen LogP contribution in [0.15, 0.2) is 54.2 Å². The van der Waals surface area contributed by atoms with Crippen molar-refractivity contribution in [2.45, 2.75) is 33.8 Å². The highest BCUT2D eigenvalue weighted by Crippen LogP contribution is 2.16. The summed E-state index contributed by atoms with van der Waals surface area (Å²) >= 11 is 0. The van der Waals surface area contributed by atoms with Crippen LogP contribution in [0.1, 0.15) is 43.6 Å². The number of benzene rings is 2. The normalized spacial score (nSPS) is 11.4. The first kappa shape index (κ1) is 22.0. The zero-order chi connectivity index (χ0) is 21.4. The smallest absolute Gasteiger partial charge is 0.255 e. The maximum absolute atomic E-state index is 12.4. The maximum atomic E-state index is 12.4. The molecule has 0 atom stereocenters. The molecule has 2 rings (SSSR count). The van der Waals surface area contributed by atoms with Gasteiger partial charge >= 0.3 is 0 Å². The Hall–Kier alpha value is -3.28. The summed E-state index contributed by atoms with van der Waals surface area (Å²) in [5, 5.41) is 13.8. The number of hydrogen-bond donors (Lipinski definition) is 1. The van der Waals surface area contributed by atoms with Crippen molar-refractivity contribution in [3.63, 3.8) is 0 Å². The van der Waals surface area contributed by atoms with Gasteiger partial charge in [0.1, 0.15) is 11.5 Å². The Morgan fingerprint density at radius 2 is 1.55 bits per heavy atom. The molecule has 1 amide bonds. The Morgan fingerprint density at radius 3 is 2.07 bits per heavy atom. The number of carboxylic acid groups (broad SMARTS) is 1. The van der Waals surface area contributed by atoms with Gasteiger partial charge in [-0.1, -0.05) is 26.0 Å². The van der Waals surface area contributed by atoms with Crippen LogP contribution in [0, 0.1) is 5.92 Å². The molecule has 6 heteroatoms. The Labute approximate surface area is 171 Å². The molecule has 0 aliphatic heterocycles. The predicted molar refractivity (Wildman–Crippen MR) is 109 cm³/mol. The number of carboxylic acids is 1. The predicted octanol–water partition coefficient (Wildman–Crippen LogP) is 3.03. The number of rotatable bonds is 9. The largest absolute Gasteiger partial charge is 0.543 e. The lowest BCUT2D eigenvalue weighted by Gasteiger charge is -2.13. The van der Waals surface area contributed by atoms with Crippen molar-refractivity contribution in [3.05, 3.63) is 65.4 Å². The van der Waals surface area contributed by atoms with Crippen LogP contribution in [-0.2, 0) is 4.79 Å². The summed E-state index contributed by atoms with van der Waals surface area (Å²) in [6.45, 7) is 8.49. The van der Waals surface area contributed by atoms with Crippen LogP contribution in [0.5, 0.6) is 11.5 Å². The van der Waals surface area contributed by atoms with E-state index in [0.29, 0.717) is 35.2 Å². The van der Waals surface area contributed by atoms with Crippen molar-refractivity contribution in [2.24, 2.45) is 5.92 Å². The minimum absolute atomic E-state index is 0.0385. The molecule has 2 aromatic rings. The van der Waals surface area contributed by atoms with E-state index in [1.54, 1.807) is 48.5 Å². The third kappa shape index (κ3) is 7.33. The van der Waals surface area contributed by atoms with E-state index in [1.807, 2.05) is 27.7 Å². The number of carbonyl (C=O) groups excluding carboxylic acids is 2. The molecule has 0 unspecified atom stereocenters. The van der Waals surface area contributed by atoms with E-state index < -0.39 is 11.9 Å². The summed E-state index contributed by atoms with van der Waals surface area (Å²) in [7, 11) is 0. The molecule has 29 heavy (non-hydrogen) atoms. The topological polar surface area (TPSA) is 87.7 Å². The fraction of sp³-hybridized carbons (Fsp3) is 0.304. The number of ether oxygens (including phenoxy) is 2. The molecule has 0 spiro atoms. The summed E-state index contributed by atoms with van der Waals surface area (Å²) < 4.78 is 11.1. The van der Waals surface area contributed by atoms with Gasteiger partial charge in [0.15, 0.2) is 0 Å². The molecule has 0 saturated carbocycles. The van der Waals surface area contributed by atoms with Gasteiger partial charge in [-0.05, 0) is 67.8 Å². The second-order valence-electron chi connectivity index (χ2n) is 7.26. The van der Waals surface area contributed by atoms with Crippen LogP contribution in [0.3, 0.4) is 0 Å². The zero-order valence-corrected chi connectivity index (χ0v) is 17.1. The lowest BCUT2D eigenvalue weighted by atomic mass is 10.1. The van der Waals surface area contributed by atoms with Crippen LogP contribution < -0.4 is 19.9 Å². The molecule has 0 aromatic heterocycles. The maximum Gasteiger partial charge on any atom is 0.255 e. The lowest BCUT2D eigenvalue weighted by molar-refractivity contribution is -0.299. The van der Waals surface area contributed by atoms with E-state index in [-0.39, 0.29) is 11.8 Å². The molecular formula is C23H26NO5-. The molecule has 0 radical (unpaired) electrons. The molecule has 2 aromatic carbocycles. The summed E-state index contributed by atoms with van der Waals surface area (Å²) in [6.07, 6.45) is 1.38. The molecule has 0 aliphatic carbocycles. The SMILES string of the molecule is CC(C)COc1ccc(C(=O)NC(=Cc2ccc(OC(C)C)cc2)C(=O)[O-])cc1. The van der Waals surface area contributed by atoms with E-state index in [1.165, 1.54) is 6.08 Å². The van der Waals surface area contributed by atoms with E-state index >= 15 is 0 Å². The van der Waals surface area contributed by atoms with Crippen molar-refractivity contribution in [1.29, 1.82) is 0 Å². The van der Waals surface area contributed by atoms with Gasteiger partial charge in [-0.15, -0.1) is 0 Å². The zero-order valence-electron chi connectivity index (χ0n) is 17.1. The number of nitrogens with one attached hydrogen (secondary N) is 1. The van der Waals surface area contributed by atoms with Crippen molar-refractivity contribution in [2.75, 3.05) is 6.61 Å². The van der Waals surface area contributed by atoms with Crippen LogP contribution in [0.4, 0.5) is 0 Å². The van der Waals surface area contributed by atoms with Crippen LogP contribution in [-0.4, -0.2) is 24.6 Å². The van der Waals surface area contributed by atoms with Gasteiger partial charge in [0.2, 0.25) is 0 Å². The summed E-state index contributed by atoms with van der Waals surface area (Å²) in [5.74, 6) is -0.307. The second-order valence-corrected chi connectivity index (χ2v) is 7.26. The molecule has 0 heterocycles. The molecule has 154 valence electrons. The standard InChI is InChI=1S/C23H27NO5/c1-15(2)14-28-19-11-7-18(8-12-19)22(25)24-21(23(26)27)13-17-5-9-20(10-6-17)29-16(3)4/h5-13,15-16H,14H2,1-4H3,(H,24,25)(H,26,27)/p-1. The van der Waals surface area contributed by atoms with E-state index in [9.17, 15) is 14.7 Å². The molecule has 0 aliphatic rings. The molecule has 6 nitrogen and oxygen atoms in total. The van der Waals surface area contributed by atoms with E-state index in [0.717, 1.165) is 0 Å². The quantitative estimate of drug-likeness (QED) is 0.658. The Balaban J connectivity index is 2.08. The van der Waals surface area contributed by atoms with Crippen molar-refractivity contribution in [3.8, 4) is 11.5 Å². The van der Waals surface area contributed by atoms with Crippen LogP contribution in [0.25, 0.3) is 6.08 Å². The fourth-order valence-corrected chi connectivity index (χ4v) is 2.39. The summed E-state index contributed by atoms with van der Waals surface area (Å²) in [4.78, 5) is 23.8. The van der Waals surface area contributed by atoms with Crippen molar-refractivity contribution < 1.29 is 24.2 Å². The average Bonchev–Trinajstić information content (AvgIpc) is 2.67. The highest BCUT2D eigenvalue weighted by atomic mass is 16.5.